The molecule has 0 aliphatic heterocycles. The van der Waals surface area contributed by atoms with Gasteiger partial charge in [0.05, 0.1) is 13.2 Å². The summed E-state index contributed by atoms with van der Waals surface area (Å²) in [6, 6.07) is 3.77. The Kier molecular flexibility index (Phi) is 5.77. The number of aliphatic hydroxyl groups excluding tert-OH is 1. The van der Waals surface area contributed by atoms with Gasteiger partial charge in [-0.25, -0.2) is 4.98 Å². The number of ether oxygens (including phenoxy) is 1. The molecular weight excluding hydrogens is 206 g/mol. The van der Waals surface area contributed by atoms with Crippen molar-refractivity contribution in [2.45, 2.75) is 6.54 Å². The molecule has 1 rings (SSSR count). The van der Waals surface area contributed by atoms with Gasteiger partial charge in [0.25, 0.3) is 0 Å². The molecule has 0 radical (unpaired) electrons. The second-order valence-electron chi connectivity index (χ2n) is 3.58. The Balaban J connectivity index is 2.52. The number of nitrogen functional groups attached to an aromatic ring is 1. The van der Waals surface area contributed by atoms with Crippen LogP contribution in [0.1, 0.15) is 5.56 Å². The summed E-state index contributed by atoms with van der Waals surface area (Å²) in [7, 11) is 1.67. The summed E-state index contributed by atoms with van der Waals surface area (Å²) in [5, 5.41) is 8.95. The molecule has 5 nitrogen and oxygen atoms in total. The maximum Gasteiger partial charge on any atom is 0.123 e. The fourth-order valence-corrected chi connectivity index (χ4v) is 1.48. The van der Waals surface area contributed by atoms with Gasteiger partial charge in [-0.2, -0.15) is 0 Å². The fourth-order valence-electron chi connectivity index (χ4n) is 1.48. The first-order valence-electron chi connectivity index (χ1n) is 5.29. The molecule has 0 amide bonds. The van der Waals surface area contributed by atoms with Crippen LogP contribution in [0.5, 0.6) is 0 Å². The van der Waals surface area contributed by atoms with E-state index in [4.69, 9.17) is 15.6 Å². The molecule has 0 fully saturated rings. The van der Waals surface area contributed by atoms with Crippen LogP contribution in [0.2, 0.25) is 0 Å². The molecule has 1 aromatic heterocycles. The first-order chi connectivity index (χ1) is 7.76. The van der Waals surface area contributed by atoms with Crippen LogP contribution >= 0.6 is 0 Å². The highest BCUT2D eigenvalue weighted by molar-refractivity contribution is 5.31. The van der Waals surface area contributed by atoms with Crippen LogP contribution in [0, 0.1) is 0 Å². The van der Waals surface area contributed by atoms with E-state index in [0.717, 1.165) is 18.7 Å². The Bertz CT molecular complexity index is 307. The van der Waals surface area contributed by atoms with Crippen LogP contribution in [0.4, 0.5) is 5.82 Å². The lowest BCUT2D eigenvalue weighted by Gasteiger charge is -2.20. The summed E-state index contributed by atoms with van der Waals surface area (Å²) in [5.41, 5.74) is 6.70. The minimum absolute atomic E-state index is 0.143. The standard InChI is InChI=1S/C11H19N3O2/c1-16-7-5-14(4-6-15)9-10-2-3-13-11(12)8-10/h2-3,8,15H,4-7,9H2,1H3,(H2,12,13). The van der Waals surface area contributed by atoms with E-state index in [2.05, 4.69) is 9.88 Å². The normalized spacial score (nSPS) is 10.9. The van der Waals surface area contributed by atoms with Gasteiger partial charge in [0.2, 0.25) is 0 Å². The lowest BCUT2D eigenvalue weighted by atomic mass is 10.2. The smallest absolute Gasteiger partial charge is 0.123 e. The zero-order valence-electron chi connectivity index (χ0n) is 9.59. The maximum atomic E-state index is 8.95. The van der Waals surface area contributed by atoms with Gasteiger partial charge in [0.1, 0.15) is 5.82 Å². The van der Waals surface area contributed by atoms with E-state index in [1.54, 1.807) is 13.3 Å². The quantitative estimate of drug-likeness (QED) is 0.689. The van der Waals surface area contributed by atoms with E-state index in [1.165, 1.54) is 0 Å². The third kappa shape index (κ3) is 4.57. The van der Waals surface area contributed by atoms with Crippen molar-refractivity contribution < 1.29 is 9.84 Å². The van der Waals surface area contributed by atoms with E-state index in [1.807, 2.05) is 12.1 Å². The molecule has 1 aromatic rings. The average molecular weight is 225 g/mol. The number of methoxy groups -OCH3 is 1. The number of aliphatic hydroxyl groups is 1. The van der Waals surface area contributed by atoms with Gasteiger partial charge < -0.3 is 15.6 Å². The number of hydrogen-bond acceptors (Lipinski definition) is 5. The van der Waals surface area contributed by atoms with Crippen molar-refractivity contribution in [1.29, 1.82) is 0 Å². The molecule has 5 heteroatoms. The Morgan fingerprint density at radius 2 is 2.31 bits per heavy atom. The van der Waals surface area contributed by atoms with Crippen LogP contribution in [0.15, 0.2) is 18.3 Å². The molecule has 90 valence electrons. The summed E-state index contributed by atoms with van der Waals surface area (Å²) in [5.74, 6) is 0.521. The number of hydrogen-bond donors (Lipinski definition) is 2. The molecule has 0 saturated carbocycles. The summed E-state index contributed by atoms with van der Waals surface area (Å²) in [6.45, 7) is 2.96. The Labute approximate surface area is 95.8 Å². The average Bonchev–Trinajstić information content (AvgIpc) is 2.26. The van der Waals surface area contributed by atoms with Crippen molar-refractivity contribution >= 4 is 5.82 Å². The summed E-state index contributed by atoms with van der Waals surface area (Å²) in [6.07, 6.45) is 1.69. The number of rotatable bonds is 7. The van der Waals surface area contributed by atoms with Gasteiger partial charge in [0, 0.05) is 32.9 Å². The fraction of sp³-hybridized carbons (Fsp3) is 0.545. The van der Waals surface area contributed by atoms with Crippen LogP contribution in [0.25, 0.3) is 0 Å². The Morgan fingerprint density at radius 1 is 1.50 bits per heavy atom. The SMILES string of the molecule is COCCN(CCO)Cc1ccnc(N)c1. The number of nitrogens with two attached hydrogens (primary N) is 1. The Morgan fingerprint density at radius 3 is 2.94 bits per heavy atom. The van der Waals surface area contributed by atoms with Crippen molar-refractivity contribution in [3.05, 3.63) is 23.9 Å². The first kappa shape index (κ1) is 12.9. The lowest BCUT2D eigenvalue weighted by molar-refractivity contribution is 0.127. The zero-order valence-corrected chi connectivity index (χ0v) is 9.59. The van der Waals surface area contributed by atoms with Gasteiger partial charge in [-0.3, -0.25) is 4.90 Å². The predicted molar refractivity (Wildman–Crippen MR) is 62.9 cm³/mol. The van der Waals surface area contributed by atoms with Crippen LogP contribution in [-0.2, 0) is 11.3 Å². The van der Waals surface area contributed by atoms with Crippen LogP contribution in [0.3, 0.4) is 0 Å². The highest BCUT2D eigenvalue weighted by atomic mass is 16.5. The summed E-state index contributed by atoms with van der Waals surface area (Å²) < 4.78 is 5.02. The van der Waals surface area contributed by atoms with Crippen molar-refractivity contribution in [2.75, 3.05) is 39.1 Å². The minimum Gasteiger partial charge on any atom is -0.395 e. The van der Waals surface area contributed by atoms with E-state index >= 15 is 0 Å². The molecule has 0 saturated heterocycles. The molecule has 16 heavy (non-hydrogen) atoms. The molecule has 1 heterocycles. The van der Waals surface area contributed by atoms with Crippen LogP contribution in [-0.4, -0.2) is 48.4 Å². The molecule has 0 aliphatic rings. The third-order valence-electron chi connectivity index (χ3n) is 2.28. The van der Waals surface area contributed by atoms with Gasteiger partial charge in [-0.15, -0.1) is 0 Å². The number of aromatic nitrogens is 1. The maximum absolute atomic E-state index is 8.95. The van der Waals surface area contributed by atoms with Crippen molar-refractivity contribution in [3.63, 3.8) is 0 Å². The van der Waals surface area contributed by atoms with E-state index in [9.17, 15) is 0 Å². The minimum atomic E-state index is 0.143. The second-order valence-corrected chi connectivity index (χ2v) is 3.58. The van der Waals surface area contributed by atoms with Crippen molar-refractivity contribution in [3.8, 4) is 0 Å². The highest BCUT2D eigenvalue weighted by Gasteiger charge is 2.05. The molecule has 0 bridgehead atoms. The summed E-state index contributed by atoms with van der Waals surface area (Å²) >= 11 is 0. The predicted octanol–water partition coefficient (Wildman–Crippen LogP) is 0.105. The first-order valence-corrected chi connectivity index (χ1v) is 5.29. The van der Waals surface area contributed by atoms with Gasteiger partial charge in [0.15, 0.2) is 0 Å². The Hall–Kier alpha value is -1.17. The molecular formula is C11H19N3O2. The third-order valence-corrected chi connectivity index (χ3v) is 2.28. The van der Waals surface area contributed by atoms with Gasteiger partial charge >= 0.3 is 0 Å². The van der Waals surface area contributed by atoms with Crippen molar-refractivity contribution in [1.82, 2.24) is 9.88 Å². The highest BCUT2D eigenvalue weighted by Crippen LogP contribution is 2.06. The molecule has 0 aromatic carbocycles. The monoisotopic (exact) mass is 225 g/mol. The van der Waals surface area contributed by atoms with Crippen molar-refractivity contribution in [2.24, 2.45) is 0 Å². The lowest BCUT2D eigenvalue weighted by Crippen LogP contribution is -2.29. The number of pyridine rings is 1. The molecule has 0 unspecified atom stereocenters. The molecule has 3 N–H and O–H groups in total. The number of anilines is 1. The van der Waals surface area contributed by atoms with E-state index < -0.39 is 0 Å². The zero-order chi connectivity index (χ0) is 11.8. The van der Waals surface area contributed by atoms with Gasteiger partial charge in [-0.1, -0.05) is 0 Å². The number of nitrogens with zero attached hydrogens (tertiary/aromatic N) is 2. The molecule has 0 spiro atoms. The molecule has 0 atom stereocenters. The topological polar surface area (TPSA) is 71.6 Å². The largest absolute Gasteiger partial charge is 0.395 e. The van der Waals surface area contributed by atoms with E-state index in [0.29, 0.717) is 19.0 Å². The van der Waals surface area contributed by atoms with Crippen LogP contribution < -0.4 is 5.73 Å². The summed E-state index contributed by atoms with van der Waals surface area (Å²) in [4.78, 5) is 6.05. The second kappa shape index (κ2) is 7.16. The van der Waals surface area contributed by atoms with E-state index in [-0.39, 0.29) is 6.61 Å². The van der Waals surface area contributed by atoms with Gasteiger partial charge in [-0.05, 0) is 17.7 Å². The molecule has 0 aliphatic carbocycles.